The van der Waals surface area contributed by atoms with Crippen molar-refractivity contribution in [2.45, 2.75) is 24.4 Å². The van der Waals surface area contributed by atoms with Crippen molar-refractivity contribution in [2.24, 2.45) is 5.73 Å². The van der Waals surface area contributed by atoms with Crippen LogP contribution in [-0.4, -0.2) is 64.7 Å². The van der Waals surface area contributed by atoms with E-state index in [1.54, 1.807) is 16.7 Å². The van der Waals surface area contributed by atoms with Crippen molar-refractivity contribution < 1.29 is 19.4 Å². The first-order valence-corrected chi connectivity index (χ1v) is 7.16. The van der Waals surface area contributed by atoms with E-state index in [1.165, 1.54) is 0 Å². The van der Waals surface area contributed by atoms with Crippen LogP contribution in [0.4, 0.5) is 0 Å². The number of carboxylic acids is 1. The van der Waals surface area contributed by atoms with Gasteiger partial charge in [-0.05, 0) is 6.42 Å². The van der Waals surface area contributed by atoms with Crippen molar-refractivity contribution in [3.05, 3.63) is 0 Å². The average molecular weight is 274 g/mol. The van der Waals surface area contributed by atoms with Gasteiger partial charge in [0.15, 0.2) is 0 Å². The Bertz CT molecular complexity index is 344. The topological polar surface area (TPSA) is 92.9 Å². The molecule has 0 spiro atoms. The molecule has 0 aromatic heterocycles. The smallest absolute Gasteiger partial charge is 0.305 e. The quantitative estimate of drug-likeness (QED) is 0.722. The maximum atomic E-state index is 12.4. The Kier molecular flexibility index (Phi) is 4.14. The van der Waals surface area contributed by atoms with Crippen LogP contribution in [-0.2, 0) is 14.3 Å². The van der Waals surface area contributed by atoms with Crippen LogP contribution < -0.4 is 5.73 Å². The number of hydrogen-bond acceptors (Lipinski definition) is 5. The molecule has 7 heteroatoms. The number of amides is 1. The van der Waals surface area contributed by atoms with E-state index in [1.807, 2.05) is 0 Å². The summed E-state index contributed by atoms with van der Waals surface area (Å²) in [5.74, 6) is 0.453. The highest BCUT2D eigenvalue weighted by Gasteiger charge is 2.43. The van der Waals surface area contributed by atoms with E-state index >= 15 is 0 Å². The van der Waals surface area contributed by atoms with Gasteiger partial charge in [0, 0.05) is 24.7 Å². The molecule has 0 aliphatic carbocycles. The third kappa shape index (κ3) is 2.78. The molecule has 0 aromatic rings. The van der Waals surface area contributed by atoms with Crippen LogP contribution in [0.15, 0.2) is 0 Å². The van der Waals surface area contributed by atoms with Crippen molar-refractivity contribution in [1.29, 1.82) is 0 Å². The first-order valence-electron chi connectivity index (χ1n) is 6.00. The molecule has 1 amide bonds. The molecule has 2 rings (SSSR count). The van der Waals surface area contributed by atoms with Gasteiger partial charge in [-0.15, -0.1) is 0 Å². The predicted octanol–water partition coefficient (Wildman–Crippen LogP) is -0.477. The van der Waals surface area contributed by atoms with Crippen molar-refractivity contribution >= 4 is 23.6 Å². The highest BCUT2D eigenvalue weighted by atomic mass is 32.2. The number of aliphatic carboxylic acids is 1. The van der Waals surface area contributed by atoms with Crippen LogP contribution in [0.3, 0.4) is 0 Å². The monoisotopic (exact) mass is 274 g/mol. The third-order valence-electron chi connectivity index (χ3n) is 3.38. The summed E-state index contributed by atoms with van der Waals surface area (Å²) in [5.41, 5.74) is 5.10. The number of ether oxygens (including phenoxy) is 1. The van der Waals surface area contributed by atoms with Gasteiger partial charge >= 0.3 is 5.97 Å². The second-order valence-corrected chi connectivity index (χ2v) is 5.93. The molecular weight excluding hydrogens is 256 g/mol. The zero-order chi connectivity index (χ0) is 13.2. The van der Waals surface area contributed by atoms with Gasteiger partial charge < -0.3 is 20.5 Å². The molecule has 0 saturated carbocycles. The zero-order valence-electron chi connectivity index (χ0n) is 10.1. The van der Waals surface area contributed by atoms with Crippen LogP contribution in [0.25, 0.3) is 0 Å². The number of nitrogens with zero attached hydrogens (tertiary/aromatic N) is 1. The molecule has 2 heterocycles. The maximum absolute atomic E-state index is 12.4. The summed E-state index contributed by atoms with van der Waals surface area (Å²) in [6, 6.07) is -0.255. The van der Waals surface area contributed by atoms with Crippen molar-refractivity contribution in [3.63, 3.8) is 0 Å². The lowest BCUT2D eigenvalue weighted by Gasteiger charge is -2.38. The van der Waals surface area contributed by atoms with Crippen LogP contribution in [0.2, 0.25) is 0 Å². The number of carbonyl (C=O) groups is 2. The van der Waals surface area contributed by atoms with Crippen LogP contribution in [0.1, 0.15) is 12.8 Å². The molecule has 6 nitrogen and oxygen atoms in total. The molecule has 2 fully saturated rings. The van der Waals surface area contributed by atoms with Crippen LogP contribution >= 0.6 is 11.8 Å². The van der Waals surface area contributed by atoms with Gasteiger partial charge in [-0.25, -0.2) is 0 Å². The van der Waals surface area contributed by atoms with E-state index in [0.29, 0.717) is 25.3 Å². The highest BCUT2D eigenvalue weighted by Crippen LogP contribution is 2.25. The first-order chi connectivity index (χ1) is 8.53. The van der Waals surface area contributed by atoms with E-state index in [0.717, 1.165) is 5.75 Å². The van der Waals surface area contributed by atoms with Crippen molar-refractivity contribution in [1.82, 2.24) is 4.90 Å². The molecule has 2 atom stereocenters. The van der Waals surface area contributed by atoms with Gasteiger partial charge in [-0.2, -0.15) is 11.8 Å². The number of nitrogens with two attached hydrogens (primary N) is 1. The number of carboxylic acid groups (broad SMARTS) is 1. The van der Waals surface area contributed by atoms with Crippen molar-refractivity contribution in [2.75, 3.05) is 31.3 Å². The highest BCUT2D eigenvalue weighted by molar-refractivity contribution is 7.99. The molecule has 2 aliphatic heterocycles. The predicted molar refractivity (Wildman–Crippen MR) is 67.4 cm³/mol. The van der Waals surface area contributed by atoms with E-state index in [4.69, 9.17) is 15.6 Å². The normalized spacial score (nSPS) is 32.5. The summed E-state index contributed by atoms with van der Waals surface area (Å²) < 4.78 is 5.19. The molecule has 18 heavy (non-hydrogen) atoms. The molecule has 2 aliphatic rings. The number of hydrogen-bond donors (Lipinski definition) is 2. The summed E-state index contributed by atoms with van der Waals surface area (Å²) in [6.45, 7) is 1.30. The third-order valence-corrected chi connectivity index (χ3v) is 4.47. The van der Waals surface area contributed by atoms with E-state index in [9.17, 15) is 9.59 Å². The van der Waals surface area contributed by atoms with Gasteiger partial charge in [0.05, 0.1) is 19.1 Å². The second kappa shape index (κ2) is 5.46. The van der Waals surface area contributed by atoms with Gasteiger partial charge in [0.25, 0.3) is 0 Å². The molecule has 0 aromatic carbocycles. The zero-order valence-corrected chi connectivity index (χ0v) is 10.9. The Morgan fingerprint density at radius 2 is 2.33 bits per heavy atom. The van der Waals surface area contributed by atoms with Crippen LogP contribution in [0, 0.1) is 0 Å². The summed E-state index contributed by atoms with van der Waals surface area (Å²) in [4.78, 5) is 24.9. The van der Waals surface area contributed by atoms with Gasteiger partial charge in [0.1, 0.15) is 5.54 Å². The minimum absolute atomic E-state index is 0.0182. The second-order valence-electron chi connectivity index (χ2n) is 4.78. The van der Waals surface area contributed by atoms with Gasteiger partial charge in [0.2, 0.25) is 5.91 Å². The SMILES string of the molecule is NC1(C(=O)N2CCSCC2CC(=O)O)CCOC1. The largest absolute Gasteiger partial charge is 0.481 e. The van der Waals surface area contributed by atoms with E-state index < -0.39 is 11.5 Å². The average Bonchev–Trinajstić information content (AvgIpc) is 2.76. The number of rotatable bonds is 3. The Balaban J connectivity index is 2.08. The Labute approximate surface area is 110 Å². The fraction of sp³-hybridized carbons (Fsp3) is 0.818. The lowest BCUT2D eigenvalue weighted by atomic mass is 9.97. The lowest BCUT2D eigenvalue weighted by Crippen LogP contribution is -2.60. The molecular formula is C11H18N2O4S. The molecule has 0 bridgehead atoms. The van der Waals surface area contributed by atoms with E-state index in [2.05, 4.69) is 0 Å². The van der Waals surface area contributed by atoms with Gasteiger partial charge in [-0.1, -0.05) is 0 Å². The minimum atomic E-state index is -0.960. The Hall–Kier alpha value is -0.790. The van der Waals surface area contributed by atoms with Crippen LogP contribution in [0.5, 0.6) is 0 Å². The summed E-state index contributed by atoms with van der Waals surface area (Å²) in [7, 11) is 0. The molecule has 102 valence electrons. The lowest BCUT2D eigenvalue weighted by molar-refractivity contribution is -0.142. The Morgan fingerprint density at radius 3 is 2.94 bits per heavy atom. The number of thioether (sulfide) groups is 1. The van der Waals surface area contributed by atoms with Gasteiger partial charge in [-0.3, -0.25) is 9.59 Å². The minimum Gasteiger partial charge on any atom is -0.481 e. The summed E-state index contributed by atoms with van der Waals surface area (Å²) >= 11 is 1.68. The summed E-state index contributed by atoms with van der Waals surface area (Å²) in [5, 5.41) is 8.89. The molecule has 2 saturated heterocycles. The Morgan fingerprint density at radius 1 is 1.56 bits per heavy atom. The fourth-order valence-electron chi connectivity index (χ4n) is 2.33. The standard InChI is InChI=1S/C11H18N2O4S/c12-11(1-3-17-7-11)10(16)13-2-4-18-6-8(13)5-9(14)15/h8H,1-7,12H2,(H,14,15). The molecule has 3 N–H and O–H groups in total. The number of carbonyl (C=O) groups excluding carboxylic acids is 1. The summed E-state index contributed by atoms with van der Waals surface area (Å²) in [6.07, 6.45) is 0.491. The van der Waals surface area contributed by atoms with E-state index in [-0.39, 0.29) is 25.0 Å². The maximum Gasteiger partial charge on any atom is 0.305 e. The van der Waals surface area contributed by atoms with Crippen molar-refractivity contribution in [3.8, 4) is 0 Å². The fourth-order valence-corrected chi connectivity index (χ4v) is 3.39. The molecule has 2 unspecified atom stereocenters. The first kappa shape index (κ1) is 13.6. The molecule has 0 radical (unpaired) electrons.